The monoisotopic (exact) mass is 251 g/mol. The lowest BCUT2D eigenvalue weighted by molar-refractivity contribution is -0.118. The van der Waals surface area contributed by atoms with Crippen LogP contribution in [0, 0.1) is 16.7 Å². The maximum atomic E-state index is 11.9. The number of hydrogen-bond donors (Lipinski definition) is 1. The SMILES string of the molecule is CO/C(C)=C\C(=O)NC1CC2CCC1(C)C2(C)C. The fraction of sp³-hybridized carbons (Fsp3) is 0.800. The number of nitrogens with one attached hydrogen (secondary N) is 1. The zero-order valence-electron chi connectivity index (χ0n) is 12.2. The minimum absolute atomic E-state index is 0.0241. The van der Waals surface area contributed by atoms with Crippen molar-refractivity contribution in [3.63, 3.8) is 0 Å². The maximum Gasteiger partial charge on any atom is 0.247 e. The van der Waals surface area contributed by atoms with Gasteiger partial charge >= 0.3 is 0 Å². The van der Waals surface area contributed by atoms with E-state index in [0.29, 0.717) is 17.2 Å². The highest BCUT2D eigenvalue weighted by atomic mass is 16.5. The highest BCUT2D eigenvalue weighted by Gasteiger charge is 2.61. The molecule has 0 saturated heterocycles. The summed E-state index contributed by atoms with van der Waals surface area (Å²) >= 11 is 0. The summed E-state index contributed by atoms with van der Waals surface area (Å²) in [6, 6.07) is 0.305. The Kier molecular flexibility index (Phi) is 3.20. The van der Waals surface area contributed by atoms with Gasteiger partial charge in [-0.2, -0.15) is 0 Å². The van der Waals surface area contributed by atoms with Crippen LogP contribution >= 0.6 is 0 Å². The predicted octanol–water partition coefficient (Wildman–Crippen LogP) is 2.87. The summed E-state index contributed by atoms with van der Waals surface area (Å²) in [5.74, 6) is 1.38. The first-order valence-electron chi connectivity index (χ1n) is 6.84. The Morgan fingerprint density at radius 2 is 2.06 bits per heavy atom. The molecule has 102 valence electrons. The quantitative estimate of drug-likeness (QED) is 0.618. The number of amides is 1. The summed E-state index contributed by atoms with van der Waals surface area (Å²) in [6.07, 6.45) is 5.20. The van der Waals surface area contributed by atoms with E-state index in [9.17, 15) is 4.79 Å². The van der Waals surface area contributed by atoms with Gasteiger partial charge in [0, 0.05) is 12.1 Å². The number of carbonyl (C=O) groups is 1. The van der Waals surface area contributed by atoms with Crippen LogP contribution in [0.4, 0.5) is 0 Å². The standard InChI is InChI=1S/C15H25NO2/c1-10(18-5)8-13(17)16-12-9-11-6-7-15(12,4)14(11,2)3/h8,11-12H,6-7,9H2,1-5H3,(H,16,17)/b10-8-. The van der Waals surface area contributed by atoms with E-state index in [4.69, 9.17) is 4.74 Å². The van der Waals surface area contributed by atoms with Crippen molar-refractivity contribution in [1.29, 1.82) is 0 Å². The molecule has 0 aromatic rings. The summed E-state index contributed by atoms with van der Waals surface area (Å²) in [5, 5.41) is 3.18. The third-order valence-corrected chi connectivity index (χ3v) is 5.77. The smallest absolute Gasteiger partial charge is 0.247 e. The first kappa shape index (κ1) is 13.4. The second kappa shape index (κ2) is 4.29. The van der Waals surface area contributed by atoms with E-state index in [-0.39, 0.29) is 11.3 Å². The molecule has 0 aromatic carbocycles. The number of rotatable bonds is 3. The van der Waals surface area contributed by atoms with Crippen LogP contribution in [0.1, 0.15) is 47.0 Å². The highest BCUT2D eigenvalue weighted by Crippen LogP contribution is 2.65. The molecule has 3 nitrogen and oxygen atoms in total. The third-order valence-electron chi connectivity index (χ3n) is 5.77. The van der Waals surface area contributed by atoms with Gasteiger partial charge in [0.1, 0.15) is 0 Å². The Morgan fingerprint density at radius 1 is 1.39 bits per heavy atom. The van der Waals surface area contributed by atoms with Crippen LogP contribution in [-0.4, -0.2) is 19.1 Å². The number of methoxy groups -OCH3 is 1. The lowest BCUT2D eigenvalue weighted by Gasteiger charge is -2.39. The summed E-state index contributed by atoms with van der Waals surface area (Å²) in [5.41, 5.74) is 0.576. The first-order chi connectivity index (χ1) is 8.31. The van der Waals surface area contributed by atoms with Crippen molar-refractivity contribution in [1.82, 2.24) is 5.32 Å². The molecule has 3 heteroatoms. The van der Waals surface area contributed by atoms with Gasteiger partial charge in [-0.1, -0.05) is 20.8 Å². The molecule has 3 atom stereocenters. The van der Waals surface area contributed by atoms with Crippen molar-refractivity contribution in [2.24, 2.45) is 16.7 Å². The predicted molar refractivity (Wildman–Crippen MR) is 71.9 cm³/mol. The Hall–Kier alpha value is -0.990. The fourth-order valence-electron chi connectivity index (χ4n) is 3.88. The molecule has 1 N–H and O–H groups in total. The van der Waals surface area contributed by atoms with Crippen molar-refractivity contribution in [2.75, 3.05) is 7.11 Å². The van der Waals surface area contributed by atoms with Crippen molar-refractivity contribution in [2.45, 2.75) is 53.0 Å². The van der Waals surface area contributed by atoms with Crippen LogP contribution in [0.3, 0.4) is 0 Å². The van der Waals surface area contributed by atoms with Crippen molar-refractivity contribution in [3.05, 3.63) is 11.8 Å². The highest BCUT2D eigenvalue weighted by molar-refractivity contribution is 5.88. The average Bonchev–Trinajstić information content (AvgIpc) is 2.61. The molecule has 0 radical (unpaired) electrons. The van der Waals surface area contributed by atoms with Gasteiger partial charge in [0.25, 0.3) is 0 Å². The molecule has 2 saturated carbocycles. The van der Waals surface area contributed by atoms with Gasteiger partial charge in [-0.3, -0.25) is 4.79 Å². The largest absolute Gasteiger partial charge is 0.501 e. The molecule has 2 aliphatic rings. The lowest BCUT2D eigenvalue weighted by Crippen LogP contribution is -2.46. The van der Waals surface area contributed by atoms with E-state index >= 15 is 0 Å². The molecule has 1 amide bonds. The number of fused-ring (bicyclic) bond motifs is 2. The number of allylic oxidation sites excluding steroid dienone is 1. The molecule has 0 spiro atoms. The van der Waals surface area contributed by atoms with E-state index in [1.54, 1.807) is 20.1 Å². The van der Waals surface area contributed by atoms with Gasteiger partial charge in [0.05, 0.1) is 12.9 Å². The molecule has 2 aliphatic carbocycles. The average molecular weight is 251 g/mol. The van der Waals surface area contributed by atoms with E-state index in [1.807, 2.05) is 0 Å². The maximum absolute atomic E-state index is 11.9. The number of carbonyl (C=O) groups excluding carboxylic acids is 1. The van der Waals surface area contributed by atoms with Crippen LogP contribution in [0.15, 0.2) is 11.8 Å². The Balaban J connectivity index is 2.07. The van der Waals surface area contributed by atoms with E-state index in [1.165, 1.54) is 12.8 Å². The Bertz CT molecular complexity index is 386. The molecule has 0 heterocycles. The minimum atomic E-state index is -0.0241. The topological polar surface area (TPSA) is 38.3 Å². The van der Waals surface area contributed by atoms with E-state index in [2.05, 4.69) is 26.1 Å². The van der Waals surface area contributed by atoms with Gasteiger partial charge in [-0.05, 0) is 42.9 Å². The molecule has 3 unspecified atom stereocenters. The normalized spacial score (nSPS) is 37.7. The van der Waals surface area contributed by atoms with E-state index < -0.39 is 0 Å². The summed E-state index contributed by atoms with van der Waals surface area (Å²) < 4.78 is 5.01. The van der Waals surface area contributed by atoms with Gasteiger partial charge in [-0.15, -0.1) is 0 Å². The number of hydrogen-bond acceptors (Lipinski definition) is 2. The summed E-state index contributed by atoms with van der Waals surface area (Å²) in [6.45, 7) is 8.84. The molecule has 2 fully saturated rings. The minimum Gasteiger partial charge on any atom is -0.501 e. The van der Waals surface area contributed by atoms with E-state index in [0.717, 1.165) is 12.3 Å². The Labute approximate surface area is 110 Å². The van der Waals surface area contributed by atoms with Gasteiger partial charge in [0.2, 0.25) is 5.91 Å². The molecule has 2 bridgehead atoms. The van der Waals surface area contributed by atoms with Gasteiger partial charge in [-0.25, -0.2) is 0 Å². The van der Waals surface area contributed by atoms with Crippen molar-refractivity contribution < 1.29 is 9.53 Å². The Morgan fingerprint density at radius 3 is 2.50 bits per heavy atom. The zero-order valence-corrected chi connectivity index (χ0v) is 12.2. The summed E-state index contributed by atoms with van der Waals surface area (Å²) in [4.78, 5) is 11.9. The van der Waals surface area contributed by atoms with Gasteiger partial charge < -0.3 is 10.1 Å². The second-order valence-electron chi connectivity index (χ2n) is 6.63. The third kappa shape index (κ3) is 1.84. The molecule has 18 heavy (non-hydrogen) atoms. The van der Waals surface area contributed by atoms with Crippen LogP contribution in [0.25, 0.3) is 0 Å². The van der Waals surface area contributed by atoms with Gasteiger partial charge in [0.15, 0.2) is 0 Å². The zero-order chi connectivity index (χ0) is 13.6. The first-order valence-corrected chi connectivity index (χ1v) is 6.84. The molecule has 2 rings (SSSR count). The molecule has 0 aliphatic heterocycles. The molecular weight excluding hydrogens is 226 g/mol. The lowest BCUT2D eigenvalue weighted by atomic mass is 9.69. The molecule has 0 aromatic heterocycles. The van der Waals surface area contributed by atoms with Crippen LogP contribution < -0.4 is 5.32 Å². The van der Waals surface area contributed by atoms with Crippen LogP contribution in [0.5, 0.6) is 0 Å². The molecular formula is C15H25NO2. The summed E-state index contributed by atoms with van der Waals surface area (Å²) in [7, 11) is 1.58. The van der Waals surface area contributed by atoms with Crippen LogP contribution in [0.2, 0.25) is 0 Å². The number of ether oxygens (including phenoxy) is 1. The second-order valence-corrected chi connectivity index (χ2v) is 6.63. The fourth-order valence-corrected chi connectivity index (χ4v) is 3.88. The van der Waals surface area contributed by atoms with Crippen LogP contribution in [-0.2, 0) is 9.53 Å². The van der Waals surface area contributed by atoms with Crippen molar-refractivity contribution >= 4 is 5.91 Å². The van der Waals surface area contributed by atoms with Crippen molar-refractivity contribution in [3.8, 4) is 0 Å².